The minimum absolute atomic E-state index is 0. The molecule has 88 valence electrons. The molecule has 5 heteroatoms. The molecule has 3 aromatic rings. The van der Waals surface area contributed by atoms with E-state index in [9.17, 15) is 9.90 Å². The standard InChI is InChI=1S/C14H9NO2S.K/c16-14(17)10-3-1-9(2-4-10)11-5-7-15-12-6-8-18-13(11)12;/h1-8H,(H,16,17);/q;+1/p-1. The van der Waals surface area contributed by atoms with Crippen LogP contribution in [0.4, 0.5) is 0 Å². The number of rotatable bonds is 2. The summed E-state index contributed by atoms with van der Waals surface area (Å²) in [5.74, 6) is -1.16. The number of carboxylic acid groups (broad SMARTS) is 1. The summed E-state index contributed by atoms with van der Waals surface area (Å²) in [6.07, 6.45) is 1.76. The molecule has 2 aromatic heterocycles. The van der Waals surface area contributed by atoms with Crippen molar-refractivity contribution in [3.63, 3.8) is 0 Å². The van der Waals surface area contributed by atoms with E-state index in [1.54, 1.807) is 41.8 Å². The zero-order valence-corrected chi connectivity index (χ0v) is 14.2. The van der Waals surface area contributed by atoms with Crippen molar-refractivity contribution in [3.8, 4) is 11.1 Å². The molecular weight excluding hydrogens is 285 g/mol. The summed E-state index contributed by atoms with van der Waals surface area (Å²) in [5.41, 5.74) is 3.20. The van der Waals surface area contributed by atoms with Crippen molar-refractivity contribution in [2.24, 2.45) is 0 Å². The number of hydrogen-bond donors (Lipinski definition) is 0. The number of aromatic nitrogens is 1. The third kappa shape index (κ3) is 2.96. The van der Waals surface area contributed by atoms with Crippen molar-refractivity contribution in [1.29, 1.82) is 0 Å². The smallest absolute Gasteiger partial charge is 0.545 e. The molecule has 0 aliphatic carbocycles. The normalized spacial score (nSPS) is 10.1. The third-order valence-corrected chi connectivity index (χ3v) is 3.71. The van der Waals surface area contributed by atoms with Crippen molar-refractivity contribution in [2.75, 3.05) is 0 Å². The van der Waals surface area contributed by atoms with Crippen LogP contribution in [0.3, 0.4) is 0 Å². The average Bonchev–Trinajstić information content (AvgIpc) is 2.87. The van der Waals surface area contributed by atoms with E-state index in [1.165, 1.54) is 0 Å². The third-order valence-electron chi connectivity index (χ3n) is 2.78. The molecule has 0 N–H and O–H groups in total. The maximum atomic E-state index is 10.7. The molecule has 0 saturated carbocycles. The van der Waals surface area contributed by atoms with Gasteiger partial charge in [0.25, 0.3) is 0 Å². The van der Waals surface area contributed by atoms with Gasteiger partial charge in [-0.25, -0.2) is 0 Å². The Hall–Kier alpha value is -0.564. The van der Waals surface area contributed by atoms with Crippen LogP contribution < -0.4 is 56.5 Å². The largest absolute Gasteiger partial charge is 1.00 e. The first kappa shape index (κ1) is 14.8. The van der Waals surface area contributed by atoms with Gasteiger partial charge in [-0.15, -0.1) is 11.3 Å². The van der Waals surface area contributed by atoms with E-state index in [4.69, 9.17) is 0 Å². The molecule has 0 aliphatic rings. The summed E-state index contributed by atoms with van der Waals surface area (Å²) in [5, 5.41) is 12.7. The Morgan fingerprint density at radius 3 is 2.53 bits per heavy atom. The van der Waals surface area contributed by atoms with E-state index in [0.29, 0.717) is 0 Å². The summed E-state index contributed by atoms with van der Waals surface area (Å²) in [6, 6.07) is 10.6. The number of thiophene rings is 1. The van der Waals surface area contributed by atoms with E-state index >= 15 is 0 Å². The number of fused-ring (bicyclic) bond motifs is 1. The average molecular weight is 293 g/mol. The molecule has 0 atom stereocenters. The van der Waals surface area contributed by atoms with Crippen molar-refractivity contribution >= 4 is 27.5 Å². The molecular formula is C14H8KNO2S. The van der Waals surface area contributed by atoms with Gasteiger partial charge in [-0.2, -0.15) is 0 Å². The summed E-state index contributed by atoms with van der Waals surface area (Å²) in [4.78, 5) is 15.0. The van der Waals surface area contributed by atoms with Crippen LogP contribution >= 0.6 is 11.3 Å². The SMILES string of the molecule is O=C([O-])c1ccc(-c2ccnc3ccsc23)cc1.[K+]. The Morgan fingerprint density at radius 2 is 1.84 bits per heavy atom. The molecule has 0 bridgehead atoms. The number of nitrogens with zero attached hydrogens (tertiary/aromatic N) is 1. The molecule has 0 unspecified atom stereocenters. The number of benzene rings is 1. The van der Waals surface area contributed by atoms with Gasteiger partial charge in [0.1, 0.15) is 0 Å². The van der Waals surface area contributed by atoms with Gasteiger partial charge in [0.05, 0.1) is 16.2 Å². The molecule has 0 radical (unpaired) electrons. The first-order valence-corrected chi connectivity index (χ1v) is 6.27. The second-order valence-electron chi connectivity index (χ2n) is 3.86. The molecule has 0 amide bonds. The molecule has 1 aromatic carbocycles. The van der Waals surface area contributed by atoms with Crippen LogP contribution in [0.2, 0.25) is 0 Å². The fourth-order valence-electron chi connectivity index (χ4n) is 1.89. The number of carboxylic acids is 1. The van der Waals surface area contributed by atoms with Gasteiger partial charge in [-0.05, 0) is 28.6 Å². The van der Waals surface area contributed by atoms with Gasteiger partial charge >= 0.3 is 51.4 Å². The van der Waals surface area contributed by atoms with Crippen molar-refractivity contribution in [2.45, 2.75) is 0 Å². The number of pyridine rings is 1. The topological polar surface area (TPSA) is 53.0 Å². The molecule has 3 nitrogen and oxygen atoms in total. The number of hydrogen-bond acceptors (Lipinski definition) is 4. The van der Waals surface area contributed by atoms with Crippen molar-refractivity contribution < 1.29 is 61.3 Å². The van der Waals surface area contributed by atoms with Crippen molar-refractivity contribution in [3.05, 3.63) is 53.5 Å². The van der Waals surface area contributed by atoms with Crippen LogP contribution in [0.5, 0.6) is 0 Å². The van der Waals surface area contributed by atoms with Gasteiger partial charge in [0, 0.05) is 11.8 Å². The fourth-order valence-corrected chi connectivity index (χ4v) is 2.77. The summed E-state index contributed by atoms with van der Waals surface area (Å²) >= 11 is 1.63. The Morgan fingerprint density at radius 1 is 1.11 bits per heavy atom. The Labute approximate surface area is 156 Å². The van der Waals surface area contributed by atoms with E-state index in [-0.39, 0.29) is 56.9 Å². The summed E-state index contributed by atoms with van der Waals surface area (Å²) in [6.45, 7) is 0. The Balaban J connectivity index is 0.00000133. The first-order valence-electron chi connectivity index (χ1n) is 5.40. The monoisotopic (exact) mass is 293 g/mol. The van der Waals surface area contributed by atoms with Gasteiger partial charge in [-0.1, -0.05) is 24.3 Å². The quantitative estimate of drug-likeness (QED) is 0.589. The molecule has 19 heavy (non-hydrogen) atoms. The molecule has 2 heterocycles. The molecule has 0 aliphatic heterocycles. The van der Waals surface area contributed by atoms with E-state index in [1.807, 2.05) is 17.5 Å². The van der Waals surface area contributed by atoms with E-state index < -0.39 is 5.97 Å². The first-order chi connectivity index (χ1) is 8.75. The maximum absolute atomic E-state index is 10.7. The Bertz CT molecular complexity index is 722. The summed E-state index contributed by atoms with van der Waals surface area (Å²) in [7, 11) is 0. The fraction of sp³-hybridized carbons (Fsp3) is 0. The summed E-state index contributed by atoms with van der Waals surface area (Å²) < 4.78 is 1.11. The van der Waals surface area contributed by atoms with Crippen LogP contribution in [0, 0.1) is 0 Å². The van der Waals surface area contributed by atoms with Crippen molar-refractivity contribution in [1.82, 2.24) is 4.98 Å². The second kappa shape index (κ2) is 6.26. The van der Waals surface area contributed by atoms with Gasteiger partial charge in [0.2, 0.25) is 0 Å². The van der Waals surface area contributed by atoms with Gasteiger partial charge in [-0.3, -0.25) is 4.98 Å². The van der Waals surface area contributed by atoms with Crippen LogP contribution in [0.25, 0.3) is 21.3 Å². The number of aromatic carboxylic acids is 1. The van der Waals surface area contributed by atoms with Crippen LogP contribution in [-0.4, -0.2) is 11.0 Å². The number of carbonyl (C=O) groups excluding carboxylic acids is 1. The minimum Gasteiger partial charge on any atom is -0.545 e. The van der Waals surface area contributed by atoms with E-state index in [0.717, 1.165) is 21.3 Å². The molecule has 0 fully saturated rings. The molecule has 0 spiro atoms. The van der Waals surface area contributed by atoms with Crippen LogP contribution in [-0.2, 0) is 0 Å². The van der Waals surface area contributed by atoms with Crippen LogP contribution in [0.15, 0.2) is 48.0 Å². The van der Waals surface area contributed by atoms with E-state index in [2.05, 4.69) is 4.98 Å². The zero-order valence-electron chi connectivity index (χ0n) is 10.3. The minimum atomic E-state index is -1.16. The molecule has 3 rings (SSSR count). The number of carbonyl (C=O) groups is 1. The van der Waals surface area contributed by atoms with Gasteiger partial charge in [0.15, 0.2) is 0 Å². The molecule has 0 saturated heterocycles. The zero-order chi connectivity index (χ0) is 12.5. The van der Waals surface area contributed by atoms with Gasteiger partial charge < -0.3 is 9.90 Å². The second-order valence-corrected chi connectivity index (χ2v) is 4.77. The predicted molar refractivity (Wildman–Crippen MR) is 69.4 cm³/mol. The maximum Gasteiger partial charge on any atom is 1.00 e. The Kier molecular flexibility index (Phi) is 4.89. The van der Waals surface area contributed by atoms with Crippen LogP contribution in [0.1, 0.15) is 10.4 Å². The predicted octanol–water partition coefficient (Wildman–Crippen LogP) is -0.669.